The summed E-state index contributed by atoms with van der Waals surface area (Å²) in [5.41, 5.74) is 5.46. The molecule has 1 rings (SSSR count). The van der Waals surface area contributed by atoms with Crippen LogP contribution in [-0.4, -0.2) is 13.2 Å². The van der Waals surface area contributed by atoms with Crippen LogP contribution in [0.2, 0.25) is 18.1 Å². The van der Waals surface area contributed by atoms with E-state index < -0.39 is 8.07 Å². The number of phenols is 1. The Morgan fingerprint density at radius 1 is 1.22 bits per heavy atom. The van der Waals surface area contributed by atoms with Gasteiger partial charge in [0, 0.05) is 5.56 Å². The Morgan fingerprint density at radius 2 is 1.78 bits per heavy atom. The summed E-state index contributed by atoms with van der Waals surface area (Å²) in [6.45, 7) is 13.3. The number of aryl methyl sites for hydroxylation is 1. The number of hydrogen-bond acceptors (Lipinski definition) is 1. The van der Waals surface area contributed by atoms with Crippen molar-refractivity contribution in [3.05, 3.63) is 26.8 Å². The van der Waals surface area contributed by atoms with Crippen LogP contribution < -0.4 is 0 Å². The minimum Gasteiger partial charge on any atom is -0.507 e. The fourth-order valence-corrected chi connectivity index (χ4v) is 2.38. The van der Waals surface area contributed by atoms with Crippen LogP contribution in [0.3, 0.4) is 0 Å². The zero-order valence-corrected chi connectivity index (χ0v) is 15.1. The fourth-order valence-electron chi connectivity index (χ4n) is 1.24. The molecule has 1 nitrogen and oxygen atoms in total. The number of rotatable bonds is 0. The van der Waals surface area contributed by atoms with E-state index >= 15 is 0 Å². The van der Waals surface area contributed by atoms with Crippen LogP contribution in [0.5, 0.6) is 5.75 Å². The molecule has 0 aliphatic rings. The van der Waals surface area contributed by atoms with Crippen molar-refractivity contribution in [2.75, 3.05) is 0 Å². The summed E-state index contributed by atoms with van der Waals surface area (Å²) < 4.78 is 0.908. The maximum atomic E-state index is 9.81. The molecule has 0 amide bonds. The smallest absolute Gasteiger partial charge is 0.138 e. The summed E-state index contributed by atoms with van der Waals surface area (Å²) in [6.07, 6.45) is 0. The first-order valence-corrected chi connectivity index (χ1v) is 10.1. The van der Waals surface area contributed by atoms with Crippen molar-refractivity contribution in [2.45, 2.75) is 45.8 Å². The number of hydrogen-bond donors (Lipinski definition) is 1. The highest BCUT2D eigenvalue weighted by molar-refractivity contribution is 14.1. The van der Waals surface area contributed by atoms with Crippen LogP contribution in [0.15, 0.2) is 12.1 Å². The van der Waals surface area contributed by atoms with Crippen LogP contribution in [0, 0.1) is 22.0 Å². The van der Waals surface area contributed by atoms with Gasteiger partial charge in [-0.1, -0.05) is 39.8 Å². The van der Waals surface area contributed by atoms with Gasteiger partial charge >= 0.3 is 0 Å². The minimum atomic E-state index is -1.58. The standard InChI is InChI=1S/C15H21IOSi/c1-11-9-12(10-13(17)14(11)16)7-8-18(5,6)15(2,3)4/h9-10,17H,1-6H3. The highest BCUT2D eigenvalue weighted by atomic mass is 127. The van der Waals surface area contributed by atoms with Gasteiger partial charge in [-0.25, -0.2) is 0 Å². The van der Waals surface area contributed by atoms with Crippen LogP contribution >= 0.6 is 22.6 Å². The van der Waals surface area contributed by atoms with E-state index in [1.165, 1.54) is 0 Å². The summed E-state index contributed by atoms with van der Waals surface area (Å²) in [5, 5.41) is 10.1. The Balaban J connectivity index is 3.15. The Hall–Kier alpha value is -0.473. The third-order valence-electron chi connectivity index (χ3n) is 3.63. The van der Waals surface area contributed by atoms with E-state index in [0.717, 1.165) is 14.7 Å². The normalized spacial score (nSPS) is 11.9. The van der Waals surface area contributed by atoms with Gasteiger partial charge in [0.05, 0.1) is 3.57 Å². The maximum absolute atomic E-state index is 9.81. The average molecular weight is 372 g/mol. The van der Waals surface area contributed by atoms with Crippen molar-refractivity contribution in [2.24, 2.45) is 0 Å². The predicted octanol–water partition coefficient (Wildman–Crippen LogP) is 4.70. The van der Waals surface area contributed by atoms with Gasteiger partial charge in [0.15, 0.2) is 0 Å². The minimum absolute atomic E-state index is 0.264. The summed E-state index contributed by atoms with van der Waals surface area (Å²) in [7, 11) is -1.58. The number of halogens is 1. The molecular formula is C15H21IOSi. The number of aromatic hydroxyl groups is 1. The zero-order valence-electron chi connectivity index (χ0n) is 12.0. The molecule has 0 aliphatic heterocycles. The third-order valence-corrected chi connectivity index (χ3v) is 9.53. The summed E-state index contributed by atoms with van der Waals surface area (Å²) in [6, 6.07) is 3.80. The molecule has 0 heterocycles. The number of phenolic OH excluding ortho intramolecular Hbond substituents is 1. The van der Waals surface area contributed by atoms with Crippen molar-refractivity contribution in [3.8, 4) is 17.2 Å². The lowest BCUT2D eigenvalue weighted by Crippen LogP contribution is -2.35. The second kappa shape index (κ2) is 5.26. The Morgan fingerprint density at radius 3 is 2.22 bits per heavy atom. The monoisotopic (exact) mass is 372 g/mol. The fraction of sp³-hybridized carbons (Fsp3) is 0.467. The first-order chi connectivity index (χ1) is 8.04. The second-order valence-electron chi connectivity index (χ2n) is 6.25. The van der Waals surface area contributed by atoms with Gasteiger partial charge in [0.25, 0.3) is 0 Å². The van der Waals surface area contributed by atoms with Gasteiger partial charge in [-0.2, -0.15) is 0 Å². The molecule has 0 fully saturated rings. The highest BCUT2D eigenvalue weighted by Crippen LogP contribution is 2.35. The van der Waals surface area contributed by atoms with E-state index in [1.54, 1.807) is 6.07 Å². The maximum Gasteiger partial charge on any atom is 0.138 e. The van der Waals surface area contributed by atoms with Crippen LogP contribution in [-0.2, 0) is 0 Å². The molecule has 0 saturated heterocycles. The van der Waals surface area contributed by atoms with Gasteiger partial charge in [0.1, 0.15) is 13.8 Å². The van der Waals surface area contributed by atoms with Gasteiger partial charge in [-0.05, 0) is 52.2 Å². The molecule has 1 aromatic carbocycles. The molecule has 18 heavy (non-hydrogen) atoms. The quantitative estimate of drug-likeness (QED) is 0.398. The van der Waals surface area contributed by atoms with Crippen molar-refractivity contribution in [3.63, 3.8) is 0 Å². The predicted molar refractivity (Wildman–Crippen MR) is 89.6 cm³/mol. The molecule has 0 bridgehead atoms. The van der Waals surface area contributed by atoms with Crippen molar-refractivity contribution < 1.29 is 5.11 Å². The molecule has 0 saturated carbocycles. The van der Waals surface area contributed by atoms with Crippen molar-refractivity contribution >= 4 is 30.7 Å². The van der Waals surface area contributed by atoms with E-state index in [-0.39, 0.29) is 5.04 Å². The molecule has 0 aliphatic carbocycles. The molecule has 0 unspecified atom stereocenters. The SMILES string of the molecule is Cc1cc(C#C[Si](C)(C)C(C)(C)C)cc(O)c1I. The molecule has 0 atom stereocenters. The Kier molecular flexibility index (Phi) is 4.55. The van der Waals surface area contributed by atoms with Crippen LogP contribution in [0.4, 0.5) is 0 Å². The molecule has 0 aromatic heterocycles. The zero-order chi connectivity index (χ0) is 14.1. The molecular weight excluding hydrogens is 351 g/mol. The van der Waals surface area contributed by atoms with E-state index in [0.29, 0.717) is 5.75 Å². The largest absolute Gasteiger partial charge is 0.507 e. The van der Waals surface area contributed by atoms with Gasteiger partial charge in [-0.15, -0.1) is 5.54 Å². The lowest BCUT2D eigenvalue weighted by Gasteiger charge is -2.31. The molecule has 1 aromatic rings. The summed E-state index contributed by atoms with van der Waals surface area (Å²) in [5.74, 6) is 3.58. The van der Waals surface area contributed by atoms with Crippen LogP contribution in [0.1, 0.15) is 31.9 Å². The van der Waals surface area contributed by atoms with Crippen molar-refractivity contribution in [1.82, 2.24) is 0 Å². The lowest BCUT2D eigenvalue weighted by molar-refractivity contribution is 0.471. The van der Waals surface area contributed by atoms with Crippen LogP contribution in [0.25, 0.3) is 0 Å². The highest BCUT2D eigenvalue weighted by Gasteiger charge is 2.33. The topological polar surface area (TPSA) is 20.2 Å². The number of benzene rings is 1. The van der Waals surface area contributed by atoms with E-state index in [9.17, 15) is 5.11 Å². The van der Waals surface area contributed by atoms with E-state index in [2.05, 4.69) is 67.9 Å². The first kappa shape index (κ1) is 15.6. The Bertz CT molecular complexity index is 493. The van der Waals surface area contributed by atoms with Crippen molar-refractivity contribution in [1.29, 1.82) is 0 Å². The van der Waals surface area contributed by atoms with Gasteiger partial charge in [-0.3, -0.25) is 0 Å². The average Bonchev–Trinajstić information content (AvgIpc) is 2.21. The third kappa shape index (κ3) is 3.52. The second-order valence-corrected chi connectivity index (χ2v) is 12.3. The molecule has 0 radical (unpaired) electrons. The molecule has 98 valence electrons. The summed E-state index contributed by atoms with van der Waals surface area (Å²) >= 11 is 2.15. The molecule has 3 heteroatoms. The Labute approximate surface area is 125 Å². The van der Waals surface area contributed by atoms with Gasteiger partial charge < -0.3 is 5.11 Å². The van der Waals surface area contributed by atoms with E-state index in [1.807, 2.05) is 13.0 Å². The molecule has 1 N–H and O–H groups in total. The van der Waals surface area contributed by atoms with Gasteiger partial charge in [0.2, 0.25) is 0 Å². The molecule has 0 spiro atoms. The first-order valence-electron chi connectivity index (χ1n) is 6.07. The van der Waals surface area contributed by atoms with E-state index in [4.69, 9.17) is 0 Å². The summed E-state index contributed by atoms with van der Waals surface area (Å²) in [4.78, 5) is 0. The lowest BCUT2D eigenvalue weighted by atomic mass is 10.1.